The van der Waals surface area contributed by atoms with Crippen molar-refractivity contribution in [1.29, 1.82) is 0 Å². The zero-order valence-electron chi connectivity index (χ0n) is 17.9. The van der Waals surface area contributed by atoms with Gasteiger partial charge in [-0.3, -0.25) is 14.5 Å². The number of pyridine rings is 1. The smallest absolute Gasteiger partial charge is 0.261 e. The van der Waals surface area contributed by atoms with Crippen LogP contribution in [0.15, 0.2) is 71.9 Å². The van der Waals surface area contributed by atoms with E-state index in [0.717, 1.165) is 11.4 Å². The van der Waals surface area contributed by atoms with E-state index in [4.69, 9.17) is 16.3 Å². The fraction of sp³-hybridized carbons (Fsp3) is 0.217. The van der Waals surface area contributed by atoms with E-state index in [1.807, 2.05) is 24.3 Å². The van der Waals surface area contributed by atoms with Crippen LogP contribution in [-0.4, -0.2) is 57.5 Å². The summed E-state index contributed by atoms with van der Waals surface area (Å²) in [5, 5.41) is 0.440. The molecule has 1 amide bonds. The third-order valence-corrected chi connectivity index (χ3v) is 7.01. The first-order valence-corrected chi connectivity index (χ1v) is 12.1. The topological polar surface area (TPSA) is 91.8 Å². The predicted molar refractivity (Wildman–Crippen MR) is 128 cm³/mol. The van der Waals surface area contributed by atoms with Gasteiger partial charge in [0.1, 0.15) is 5.75 Å². The molecule has 3 aromatic rings. The number of piperazine rings is 1. The van der Waals surface area contributed by atoms with Gasteiger partial charge in [-0.15, -0.1) is 0 Å². The average molecular weight is 487 g/mol. The van der Waals surface area contributed by atoms with Crippen molar-refractivity contribution in [1.82, 2.24) is 9.88 Å². The second-order valence-corrected chi connectivity index (χ2v) is 9.62. The Balaban J connectivity index is 1.41. The molecule has 1 aliphatic rings. The van der Waals surface area contributed by atoms with E-state index in [1.54, 1.807) is 12.0 Å². The van der Waals surface area contributed by atoms with E-state index < -0.39 is 10.0 Å². The Morgan fingerprint density at radius 1 is 1.00 bits per heavy atom. The average Bonchev–Trinajstić information content (AvgIpc) is 2.84. The molecule has 1 aromatic heterocycles. The second-order valence-electron chi connectivity index (χ2n) is 7.50. The molecule has 1 saturated heterocycles. The van der Waals surface area contributed by atoms with Crippen molar-refractivity contribution in [2.45, 2.75) is 4.90 Å². The predicted octanol–water partition coefficient (Wildman–Crippen LogP) is 3.51. The van der Waals surface area contributed by atoms with Gasteiger partial charge in [0.2, 0.25) is 0 Å². The maximum Gasteiger partial charge on any atom is 0.261 e. The Morgan fingerprint density at radius 3 is 2.30 bits per heavy atom. The number of carbonyl (C=O) groups is 1. The highest BCUT2D eigenvalue weighted by Crippen LogP contribution is 2.22. The summed E-state index contributed by atoms with van der Waals surface area (Å²) >= 11 is 5.83. The maximum absolute atomic E-state index is 13.0. The molecule has 0 radical (unpaired) electrons. The number of ether oxygens (including phenoxy) is 1. The molecular formula is C23H23ClN4O4S. The quantitative estimate of drug-likeness (QED) is 0.573. The molecule has 1 fully saturated rings. The standard InChI is InChI=1S/C23H23ClN4O4S/c1-32-21-6-4-20(5-7-21)27-10-12-28(13-11-27)23(29)17-14-19(16-25-15-17)26-33(30,31)22-8-2-18(24)3-9-22/h2-9,14-16,26H,10-13H2,1H3. The van der Waals surface area contributed by atoms with Crippen LogP contribution in [0.1, 0.15) is 10.4 Å². The molecule has 2 aromatic carbocycles. The van der Waals surface area contributed by atoms with Gasteiger partial charge < -0.3 is 14.5 Å². The van der Waals surface area contributed by atoms with Crippen molar-refractivity contribution in [2.75, 3.05) is 42.9 Å². The van der Waals surface area contributed by atoms with Crippen LogP contribution in [0.4, 0.5) is 11.4 Å². The number of nitrogens with one attached hydrogen (secondary N) is 1. The molecule has 0 aliphatic carbocycles. The van der Waals surface area contributed by atoms with Gasteiger partial charge in [0.15, 0.2) is 0 Å². The van der Waals surface area contributed by atoms with Crippen molar-refractivity contribution >= 4 is 38.9 Å². The summed E-state index contributed by atoms with van der Waals surface area (Å²) in [6, 6.07) is 15.1. The van der Waals surface area contributed by atoms with Crippen LogP contribution in [0.5, 0.6) is 5.75 Å². The number of sulfonamides is 1. The van der Waals surface area contributed by atoms with Gasteiger partial charge in [-0.05, 0) is 54.6 Å². The fourth-order valence-corrected chi connectivity index (χ4v) is 4.74. The number of benzene rings is 2. The molecule has 0 spiro atoms. The molecule has 172 valence electrons. The van der Waals surface area contributed by atoms with Crippen molar-refractivity contribution in [2.24, 2.45) is 0 Å². The summed E-state index contributed by atoms with van der Waals surface area (Å²) in [6.07, 6.45) is 2.81. The van der Waals surface area contributed by atoms with E-state index in [9.17, 15) is 13.2 Å². The van der Waals surface area contributed by atoms with Crippen LogP contribution in [0, 0.1) is 0 Å². The largest absolute Gasteiger partial charge is 0.497 e. The minimum absolute atomic E-state index is 0.0679. The Kier molecular flexibility index (Phi) is 6.71. The first kappa shape index (κ1) is 22.9. The molecular weight excluding hydrogens is 464 g/mol. The first-order chi connectivity index (χ1) is 15.9. The molecule has 1 aliphatic heterocycles. The Morgan fingerprint density at radius 2 is 1.67 bits per heavy atom. The fourth-order valence-electron chi connectivity index (χ4n) is 3.58. The zero-order valence-corrected chi connectivity index (χ0v) is 19.5. The van der Waals surface area contributed by atoms with Crippen molar-refractivity contribution in [3.63, 3.8) is 0 Å². The zero-order chi connectivity index (χ0) is 23.4. The first-order valence-electron chi connectivity index (χ1n) is 10.3. The van der Waals surface area contributed by atoms with E-state index in [2.05, 4.69) is 14.6 Å². The van der Waals surface area contributed by atoms with Gasteiger partial charge in [0.25, 0.3) is 15.9 Å². The van der Waals surface area contributed by atoms with E-state index >= 15 is 0 Å². The Labute approximate surface area is 197 Å². The van der Waals surface area contributed by atoms with Crippen molar-refractivity contribution in [3.8, 4) is 5.75 Å². The number of rotatable bonds is 6. The van der Waals surface area contributed by atoms with Crippen molar-refractivity contribution < 1.29 is 17.9 Å². The summed E-state index contributed by atoms with van der Waals surface area (Å²) < 4.78 is 32.9. The molecule has 10 heteroatoms. The highest BCUT2D eigenvalue weighted by Gasteiger charge is 2.23. The Hall–Kier alpha value is -3.30. The van der Waals surface area contributed by atoms with Crippen molar-refractivity contribution in [3.05, 3.63) is 77.6 Å². The normalized spacial score (nSPS) is 14.1. The SMILES string of the molecule is COc1ccc(N2CCN(C(=O)c3cncc(NS(=O)(=O)c4ccc(Cl)cc4)c3)CC2)cc1. The molecule has 0 atom stereocenters. The maximum atomic E-state index is 13.0. The van der Waals surface area contributed by atoms with Gasteiger partial charge >= 0.3 is 0 Å². The molecule has 33 heavy (non-hydrogen) atoms. The van der Waals surface area contributed by atoms with Gasteiger partial charge in [-0.2, -0.15) is 0 Å². The molecule has 2 heterocycles. The molecule has 4 rings (SSSR count). The van der Waals surface area contributed by atoms with Gasteiger partial charge in [0.05, 0.1) is 29.5 Å². The third-order valence-electron chi connectivity index (χ3n) is 5.37. The summed E-state index contributed by atoms with van der Waals surface area (Å²) in [6.45, 7) is 2.47. The molecule has 8 nitrogen and oxygen atoms in total. The van der Waals surface area contributed by atoms with Gasteiger partial charge in [0, 0.05) is 43.1 Å². The number of anilines is 2. The lowest BCUT2D eigenvalue weighted by Crippen LogP contribution is -2.48. The monoisotopic (exact) mass is 486 g/mol. The number of hydrogen-bond donors (Lipinski definition) is 1. The highest BCUT2D eigenvalue weighted by atomic mass is 35.5. The lowest BCUT2D eigenvalue weighted by Gasteiger charge is -2.36. The molecule has 1 N–H and O–H groups in total. The van der Waals surface area contributed by atoms with Crippen LogP contribution >= 0.6 is 11.6 Å². The molecule has 0 saturated carbocycles. The number of hydrogen-bond acceptors (Lipinski definition) is 6. The minimum atomic E-state index is -3.83. The minimum Gasteiger partial charge on any atom is -0.497 e. The van der Waals surface area contributed by atoms with Crippen LogP contribution in [0.2, 0.25) is 5.02 Å². The van der Waals surface area contributed by atoms with Gasteiger partial charge in [-0.25, -0.2) is 8.42 Å². The van der Waals surface area contributed by atoms with Crippen LogP contribution in [0.25, 0.3) is 0 Å². The molecule has 0 unspecified atom stereocenters. The summed E-state index contributed by atoms with van der Waals surface area (Å²) in [5.41, 5.74) is 1.61. The van der Waals surface area contributed by atoms with E-state index in [1.165, 1.54) is 42.7 Å². The van der Waals surface area contributed by atoms with Crippen LogP contribution in [0.3, 0.4) is 0 Å². The molecule has 0 bridgehead atoms. The number of nitrogens with zero attached hydrogens (tertiary/aromatic N) is 3. The Bertz CT molecular complexity index is 1230. The van der Waals surface area contributed by atoms with E-state index in [-0.39, 0.29) is 16.5 Å². The number of methoxy groups -OCH3 is 1. The number of halogens is 1. The second kappa shape index (κ2) is 9.68. The number of aromatic nitrogens is 1. The number of carbonyl (C=O) groups excluding carboxylic acids is 1. The lowest BCUT2D eigenvalue weighted by atomic mass is 10.2. The van der Waals surface area contributed by atoms with Gasteiger partial charge in [-0.1, -0.05) is 11.6 Å². The summed E-state index contributed by atoms with van der Waals surface area (Å²) in [7, 11) is -2.20. The summed E-state index contributed by atoms with van der Waals surface area (Å²) in [5.74, 6) is 0.607. The highest BCUT2D eigenvalue weighted by molar-refractivity contribution is 7.92. The lowest BCUT2D eigenvalue weighted by molar-refractivity contribution is 0.0746. The third kappa shape index (κ3) is 5.37. The van der Waals surface area contributed by atoms with E-state index in [0.29, 0.717) is 36.8 Å². The van der Waals surface area contributed by atoms with Crippen LogP contribution in [-0.2, 0) is 10.0 Å². The summed E-state index contributed by atoms with van der Waals surface area (Å²) in [4.78, 5) is 21.1. The van der Waals surface area contributed by atoms with Crippen LogP contribution < -0.4 is 14.4 Å². The number of amides is 1.